The van der Waals surface area contributed by atoms with E-state index in [1.165, 1.54) is 49.6 Å². The van der Waals surface area contributed by atoms with Crippen molar-refractivity contribution in [1.29, 1.82) is 0 Å². The third-order valence-electron chi connectivity index (χ3n) is 5.48. The van der Waals surface area contributed by atoms with Crippen LogP contribution in [0.2, 0.25) is 0 Å². The molecular formula is C23H28N4O4. The predicted molar refractivity (Wildman–Crippen MR) is 120 cm³/mol. The molecule has 2 N–H and O–H groups in total. The maximum Gasteiger partial charge on any atom is 0.313 e. The van der Waals surface area contributed by atoms with Gasteiger partial charge in [0.1, 0.15) is 0 Å². The van der Waals surface area contributed by atoms with Crippen molar-refractivity contribution in [3.8, 4) is 0 Å². The van der Waals surface area contributed by atoms with Gasteiger partial charge < -0.3 is 15.5 Å². The number of nitro benzene ring substituents is 1. The average molecular weight is 425 g/mol. The molecule has 0 aliphatic carbocycles. The lowest BCUT2D eigenvalue weighted by molar-refractivity contribution is -0.384. The molecule has 1 saturated heterocycles. The molecule has 0 spiro atoms. The van der Waals surface area contributed by atoms with E-state index in [1.807, 2.05) is 0 Å². The number of rotatable bonds is 6. The third-order valence-corrected chi connectivity index (χ3v) is 5.48. The van der Waals surface area contributed by atoms with Crippen LogP contribution < -0.4 is 15.5 Å². The number of anilines is 2. The van der Waals surface area contributed by atoms with Crippen LogP contribution in [0.15, 0.2) is 42.5 Å². The number of carbonyl (C=O) groups is 2. The zero-order valence-electron chi connectivity index (χ0n) is 17.7. The summed E-state index contributed by atoms with van der Waals surface area (Å²) in [5.41, 5.74) is 3.13. The minimum atomic E-state index is -0.798. The van der Waals surface area contributed by atoms with E-state index in [0.717, 1.165) is 18.7 Å². The number of hydrogen-bond acceptors (Lipinski definition) is 5. The van der Waals surface area contributed by atoms with Crippen molar-refractivity contribution >= 4 is 28.9 Å². The van der Waals surface area contributed by atoms with Gasteiger partial charge >= 0.3 is 11.8 Å². The number of nitrogens with one attached hydrogen (secondary N) is 2. The SMILES string of the molecule is Cc1cc([N+](=O)[O-])ccc1NC(=O)C(=O)NCCc1ccc(N2CCCCCC2)cc1. The summed E-state index contributed by atoms with van der Waals surface area (Å²) in [6.07, 6.45) is 5.68. The molecule has 0 radical (unpaired) electrons. The minimum absolute atomic E-state index is 0.0678. The highest BCUT2D eigenvalue weighted by Crippen LogP contribution is 2.21. The number of nitrogens with zero attached hydrogens (tertiary/aromatic N) is 2. The Hall–Kier alpha value is -3.42. The van der Waals surface area contributed by atoms with Gasteiger partial charge in [-0.1, -0.05) is 25.0 Å². The summed E-state index contributed by atoms with van der Waals surface area (Å²) in [5.74, 6) is -1.53. The van der Waals surface area contributed by atoms with Gasteiger partial charge in [-0.15, -0.1) is 0 Å². The number of nitro groups is 1. The van der Waals surface area contributed by atoms with Crippen molar-refractivity contribution in [2.45, 2.75) is 39.0 Å². The first kappa shape index (κ1) is 22.3. The topological polar surface area (TPSA) is 105 Å². The van der Waals surface area contributed by atoms with Crippen LogP contribution in [0.4, 0.5) is 17.1 Å². The first-order chi connectivity index (χ1) is 14.9. The van der Waals surface area contributed by atoms with Gasteiger partial charge in [0.15, 0.2) is 0 Å². The molecule has 164 valence electrons. The number of amides is 2. The molecule has 1 aliphatic heterocycles. The Labute approximate surface area is 181 Å². The summed E-state index contributed by atoms with van der Waals surface area (Å²) in [7, 11) is 0. The molecule has 0 aromatic heterocycles. The Morgan fingerprint density at radius 3 is 2.29 bits per heavy atom. The highest BCUT2D eigenvalue weighted by molar-refractivity contribution is 6.39. The zero-order chi connectivity index (χ0) is 22.2. The molecule has 2 aromatic carbocycles. The second kappa shape index (κ2) is 10.6. The minimum Gasteiger partial charge on any atom is -0.372 e. The number of hydrogen-bond donors (Lipinski definition) is 2. The summed E-state index contributed by atoms with van der Waals surface area (Å²) < 4.78 is 0. The Bertz CT molecular complexity index is 935. The Morgan fingerprint density at radius 1 is 1.00 bits per heavy atom. The van der Waals surface area contributed by atoms with Crippen molar-refractivity contribution in [3.05, 3.63) is 63.7 Å². The molecule has 31 heavy (non-hydrogen) atoms. The summed E-state index contributed by atoms with van der Waals surface area (Å²) in [6.45, 7) is 4.17. The number of non-ortho nitro benzene ring substituents is 1. The van der Waals surface area contributed by atoms with E-state index in [2.05, 4.69) is 39.8 Å². The molecule has 1 aliphatic rings. The fraction of sp³-hybridized carbons (Fsp3) is 0.391. The molecule has 2 aromatic rings. The van der Waals surface area contributed by atoms with Gasteiger partial charge in [-0.25, -0.2) is 0 Å². The first-order valence-corrected chi connectivity index (χ1v) is 10.6. The van der Waals surface area contributed by atoms with Crippen molar-refractivity contribution in [2.75, 3.05) is 29.9 Å². The van der Waals surface area contributed by atoms with E-state index in [9.17, 15) is 19.7 Å². The van der Waals surface area contributed by atoms with Crippen LogP contribution in [0.25, 0.3) is 0 Å². The monoisotopic (exact) mass is 424 g/mol. The van der Waals surface area contributed by atoms with Crippen LogP contribution in [0.3, 0.4) is 0 Å². The Balaban J connectivity index is 1.46. The van der Waals surface area contributed by atoms with E-state index in [0.29, 0.717) is 24.2 Å². The molecule has 0 unspecified atom stereocenters. The average Bonchev–Trinajstić information content (AvgIpc) is 3.05. The van der Waals surface area contributed by atoms with Crippen LogP contribution in [0.5, 0.6) is 0 Å². The summed E-state index contributed by atoms with van der Waals surface area (Å²) in [4.78, 5) is 36.9. The van der Waals surface area contributed by atoms with Crippen LogP contribution >= 0.6 is 0 Å². The van der Waals surface area contributed by atoms with Gasteiger partial charge in [0.05, 0.1) is 4.92 Å². The van der Waals surface area contributed by atoms with Crippen LogP contribution in [-0.4, -0.2) is 36.4 Å². The van der Waals surface area contributed by atoms with Crippen molar-refractivity contribution in [2.24, 2.45) is 0 Å². The van der Waals surface area contributed by atoms with Crippen molar-refractivity contribution in [1.82, 2.24) is 5.32 Å². The Morgan fingerprint density at radius 2 is 1.68 bits per heavy atom. The second-order valence-electron chi connectivity index (χ2n) is 7.78. The van der Waals surface area contributed by atoms with Crippen molar-refractivity contribution < 1.29 is 14.5 Å². The molecule has 3 rings (SSSR count). The normalized spacial score (nSPS) is 13.9. The summed E-state index contributed by atoms with van der Waals surface area (Å²) in [6, 6.07) is 12.4. The van der Waals surface area contributed by atoms with E-state index < -0.39 is 16.7 Å². The third kappa shape index (κ3) is 6.28. The zero-order valence-corrected chi connectivity index (χ0v) is 17.7. The molecule has 1 fully saturated rings. The lowest BCUT2D eigenvalue weighted by atomic mass is 10.1. The summed E-state index contributed by atoms with van der Waals surface area (Å²) in [5, 5.41) is 15.9. The molecule has 0 bridgehead atoms. The second-order valence-corrected chi connectivity index (χ2v) is 7.78. The van der Waals surface area contributed by atoms with Gasteiger partial charge in [-0.2, -0.15) is 0 Å². The van der Waals surface area contributed by atoms with Gasteiger partial charge in [-0.05, 0) is 55.5 Å². The maximum atomic E-state index is 12.1. The molecule has 2 amide bonds. The van der Waals surface area contributed by atoms with Gasteiger partial charge in [0, 0.05) is 43.1 Å². The maximum absolute atomic E-state index is 12.1. The predicted octanol–water partition coefficient (Wildman–Crippen LogP) is 3.58. The van der Waals surface area contributed by atoms with E-state index in [4.69, 9.17) is 0 Å². The summed E-state index contributed by atoms with van der Waals surface area (Å²) >= 11 is 0. The Kier molecular flexibility index (Phi) is 7.59. The van der Waals surface area contributed by atoms with Crippen LogP contribution in [0, 0.1) is 17.0 Å². The molecule has 0 saturated carbocycles. The van der Waals surface area contributed by atoms with E-state index in [-0.39, 0.29) is 5.69 Å². The number of benzene rings is 2. The van der Waals surface area contributed by atoms with Gasteiger partial charge in [-0.3, -0.25) is 19.7 Å². The van der Waals surface area contributed by atoms with Crippen LogP contribution in [0.1, 0.15) is 36.8 Å². The molecular weight excluding hydrogens is 396 g/mol. The molecule has 0 atom stereocenters. The lowest BCUT2D eigenvalue weighted by Gasteiger charge is -2.22. The fourth-order valence-electron chi connectivity index (χ4n) is 3.68. The van der Waals surface area contributed by atoms with E-state index in [1.54, 1.807) is 6.92 Å². The highest BCUT2D eigenvalue weighted by Gasteiger charge is 2.16. The molecule has 8 heteroatoms. The molecule has 8 nitrogen and oxygen atoms in total. The van der Waals surface area contributed by atoms with Crippen molar-refractivity contribution in [3.63, 3.8) is 0 Å². The fourth-order valence-corrected chi connectivity index (χ4v) is 3.68. The highest BCUT2D eigenvalue weighted by atomic mass is 16.6. The molecule has 1 heterocycles. The van der Waals surface area contributed by atoms with Gasteiger partial charge in [0.25, 0.3) is 5.69 Å². The number of carbonyl (C=O) groups excluding carboxylic acids is 2. The smallest absolute Gasteiger partial charge is 0.313 e. The van der Waals surface area contributed by atoms with E-state index >= 15 is 0 Å². The van der Waals surface area contributed by atoms with Crippen LogP contribution in [-0.2, 0) is 16.0 Å². The quantitative estimate of drug-likeness (QED) is 0.419. The lowest BCUT2D eigenvalue weighted by Crippen LogP contribution is -2.36. The van der Waals surface area contributed by atoms with Gasteiger partial charge in [0.2, 0.25) is 0 Å². The largest absolute Gasteiger partial charge is 0.372 e. The number of aryl methyl sites for hydroxylation is 1. The first-order valence-electron chi connectivity index (χ1n) is 10.6. The standard InChI is InChI=1S/C23H28N4O4/c1-17-16-20(27(30)31)10-11-21(17)25-23(29)22(28)24-13-12-18-6-8-19(9-7-18)26-14-4-2-3-5-15-26/h6-11,16H,2-5,12-15H2,1H3,(H,24,28)(H,25,29).